The first-order chi connectivity index (χ1) is 8.20. The van der Waals surface area contributed by atoms with Crippen LogP contribution >= 0.6 is 12.4 Å². The third-order valence-electron chi connectivity index (χ3n) is 2.64. The summed E-state index contributed by atoms with van der Waals surface area (Å²) in [6.07, 6.45) is 1.15. The minimum Gasteiger partial charge on any atom is -0.399 e. The van der Waals surface area contributed by atoms with Crippen LogP contribution in [0.4, 0.5) is 5.69 Å². The molecule has 0 unspecified atom stereocenters. The molecule has 0 heterocycles. The molecule has 0 radical (unpaired) electrons. The van der Waals surface area contributed by atoms with Gasteiger partial charge in [-0.15, -0.1) is 12.4 Å². The Labute approximate surface area is 120 Å². The predicted octanol–water partition coefficient (Wildman–Crippen LogP) is 1.12. The molecule has 19 heavy (non-hydrogen) atoms. The Hall–Kier alpha value is -1.27. The van der Waals surface area contributed by atoms with Crippen LogP contribution < -0.4 is 5.73 Å². The monoisotopic (exact) mass is 306 g/mol. The third-order valence-corrected chi connectivity index (χ3v) is 3.56. The maximum Gasteiger partial charge on any atom is 0.253 e. The number of anilines is 1. The Balaban J connectivity index is 0.00000324. The first-order valence-electron chi connectivity index (χ1n) is 5.50. The Morgan fingerprint density at radius 3 is 2.47 bits per heavy atom. The van der Waals surface area contributed by atoms with Crippen molar-refractivity contribution in [3.8, 4) is 0 Å². The summed E-state index contributed by atoms with van der Waals surface area (Å²) in [5.41, 5.74) is 7.48. The lowest BCUT2D eigenvalue weighted by molar-refractivity contribution is 0.0803. The first kappa shape index (κ1) is 17.7. The number of nitrogen functional groups attached to an aromatic ring is 1. The lowest BCUT2D eigenvalue weighted by Gasteiger charge is -2.18. The Morgan fingerprint density at radius 1 is 1.37 bits per heavy atom. The van der Waals surface area contributed by atoms with Gasteiger partial charge in [-0.2, -0.15) is 0 Å². The summed E-state index contributed by atoms with van der Waals surface area (Å²) in [7, 11) is -1.49. The van der Waals surface area contributed by atoms with Crippen LogP contribution in [-0.4, -0.2) is 44.8 Å². The summed E-state index contributed by atoms with van der Waals surface area (Å²) >= 11 is 0. The summed E-state index contributed by atoms with van der Waals surface area (Å²) in [5, 5.41) is 0. The summed E-state index contributed by atoms with van der Waals surface area (Å²) < 4.78 is 22.1. The van der Waals surface area contributed by atoms with E-state index < -0.39 is 9.84 Å². The largest absolute Gasteiger partial charge is 0.399 e. The van der Waals surface area contributed by atoms with E-state index in [4.69, 9.17) is 5.73 Å². The number of halogens is 1. The van der Waals surface area contributed by atoms with Crippen LogP contribution in [0.1, 0.15) is 15.9 Å². The van der Waals surface area contributed by atoms with E-state index in [2.05, 4.69) is 0 Å². The molecule has 0 aliphatic heterocycles. The second-order valence-electron chi connectivity index (χ2n) is 4.43. The van der Waals surface area contributed by atoms with Crippen LogP contribution in [0.5, 0.6) is 0 Å². The minimum absolute atomic E-state index is 0. The highest BCUT2D eigenvalue weighted by Crippen LogP contribution is 2.14. The van der Waals surface area contributed by atoms with Gasteiger partial charge in [0.1, 0.15) is 9.84 Å². The molecule has 0 aliphatic carbocycles. The van der Waals surface area contributed by atoms with Gasteiger partial charge in [-0.1, -0.05) is 6.07 Å². The zero-order valence-corrected chi connectivity index (χ0v) is 12.8. The molecule has 0 bridgehead atoms. The zero-order chi connectivity index (χ0) is 13.9. The number of nitrogens with zero attached hydrogens (tertiary/aromatic N) is 1. The lowest BCUT2D eigenvalue weighted by Crippen LogP contribution is -2.31. The molecular formula is C12H19ClN2O3S. The standard InChI is InChI=1S/C12H18N2O3S.ClH/c1-9-4-5-10(13)8-11(9)12(15)14(2)6-7-18(3,16)17;/h4-5,8H,6-7,13H2,1-3H3;1H. The van der Waals surface area contributed by atoms with Crippen LogP contribution in [0.25, 0.3) is 0 Å². The number of rotatable bonds is 4. The van der Waals surface area contributed by atoms with Crippen molar-refractivity contribution in [2.24, 2.45) is 0 Å². The van der Waals surface area contributed by atoms with Crippen molar-refractivity contribution in [1.29, 1.82) is 0 Å². The summed E-state index contributed by atoms with van der Waals surface area (Å²) in [4.78, 5) is 13.5. The molecule has 1 amide bonds. The van der Waals surface area contributed by atoms with Gasteiger partial charge >= 0.3 is 0 Å². The van der Waals surface area contributed by atoms with Crippen molar-refractivity contribution < 1.29 is 13.2 Å². The van der Waals surface area contributed by atoms with E-state index in [-0.39, 0.29) is 30.6 Å². The highest BCUT2D eigenvalue weighted by Gasteiger charge is 2.15. The van der Waals surface area contributed by atoms with Gasteiger partial charge in [-0.05, 0) is 24.6 Å². The first-order valence-corrected chi connectivity index (χ1v) is 7.56. The Kier molecular flexibility index (Phi) is 6.32. The maximum absolute atomic E-state index is 12.1. The second-order valence-corrected chi connectivity index (χ2v) is 6.69. The van der Waals surface area contributed by atoms with E-state index in [0.717, 1.165) is 11.8 Å². The molecule has 2 N–H and O–H groups in total. The molecule has 1 aromatic rings. The molecule has 108 valence electrons. The van der Waals surface area contributed by atoms with Gasteiger partial charge in [0.2, 0.25) is 0 Å². The minimum atomic E-state index is -3.07. The van der Waals surface area contributed by atoms with Crippen molar-refractivity contribution in [3.05, 3.63) is 29.3 Å². The summed E-state index contributed by atoms with van der Waals surface area (Å²) in [6, 6.07) is 5.10. The van der Waals surface area contributed by atoms with Crippen LogP contribution in [0.15, 0.2) is 18.2 Å². The number of sulfone groups is 1. The molecule has 0 saturated carbocycles. The molecule has 0 atom stereocenters. The summed E-state index contributed by atoms with van der Waals surface area (Å²) in [5.74, 6) is -0.264. The fourth-order valence-corrected chi connectivity index (χ4v) is 2.09. The molecule has 7 heteroatoms. The van der Waals surface area contributed by atoms with E-state index in [1.807, 2.05) is 6.92 Å². The van der Waals surface area contributed by atoms with Gasteiger partial charge in [-0.25, -0.2) is 8.42 Å². The van der Waals surface area contributed by atoms with Crippen molar-refractivity contribution >= 4 is 33.8 Å². The number of nitrogens with two attached hydrogens (primary N) is 1. The average Bonchev–Trinajstić information content (AvgIpc) is 2.27. The van der Waals surface area contributed by atoms with Gasteiger partial charge in [0, 0.05) is 31.1 Å². The van der Waals surface area contributed by atoms with Gasteiger partial charge in [-0.3, -0.25) is 4.79 Å². The number of amides is 1. The number of hydrogen-bond donors (Lipinski definition) is 1. The smallest absolute Gasteiger partial charge is 0.253 e. The number of benzene rings is 1. The molecule has 5 nitrogen and oxygen atoms in total. The Morgan fingerprint density at radius 2 is 1.95 bits per heavy atom. The fraction of sp³-hybridized carbons (Fsp3) is 0.417. The van der Waals surface area contributed by atoms with E-state index in [1.54, 1.807) is 25.2 Å². The van der Waals surface area contributed by atoms with E-state index in [9.17, 15) is 13.2 Å². The molecular weight excluding hydrogens is 288 g/mol. The topological polar surface area (TPSA) is 80.5 Å². The molecule has 0 aromatic heterocycles. The van der Waals surface area contributed by atoms with Crippen LogP contribution in [-0.2, 0) is 9.84 Å². The summed E-state index contributed by atoms with van der Waals surface area (Å²) in [6.45, 7) is 1.99. The van der Waals surface area contributed by atoms with E-state index in [1.165, 1.54) is 4.90 Å². The number of carbonyl (C=O) groups is 1. The van der Waals surface area contributed by atoms with Crippen molar-refractivity contribution in [3.63, 3.8) is 0 Å². The lowest BCUT2D eigenvalue weighted by atomic mass is 10.1. The van der Waals surface area contributed by atoms with Crippen LogP contribution in [0.3, 0.4) is 0 Å². The second kappa shape index (κ2) is 6.77. The predicted molar refractivity (Wildman–Crippen MR) is 79.5 cm³/mol. The van der Waals surface area contributed by atoms with Crippen molar-refractivity contribution in [2.45, 2.75) is 6.92 Å². The zero-order valence-electron chi connectivity index (χ0n) is 11.2. The Bertz CT molecular complexity index is 558. The normalized spacial score (nSPS) is 10.7. The fourth-order valence-electron chi connectivity index (χ4n) is 1.48. The molecule has 0 aliphatic rings. The van der Waals surface area contributed by atoms with Crippen LogP contribution in [0, 0.1) is 6.92 Å². The maximum atomic E-state index is 12.1. The quantitative estimate of drug-likeness (QED) is 0.845. The van der Waals surface area contributed by atoms with Crippen LogP contribution in [0.2, 0.25) is 0 Å². The molecule has 1 rings (SSSR count). The highest BCUT2D eigenvalue weighted by atomic mass is 35.5. The van der Waals surface area contributed by atoms with Gasteiger partial charge < -0.3 is 10.6 Å². The SMILES string of the molecule is Cc1ccc(N)cc1C(=O)N(C)CCS(C)(=O)=O.Cl. The molecule has 0 saturated heterocycles. The molecule has 0 spiro atoms. The number of carbonyl (C=O) groups excluding carboxylic acids is 1. The van der Waals surface area contributed by atoms with Crippen molar-refractivity contribution in [2.75, 3.05) is 31.3 Å². The average molecular weight is 307 g/mol. The van der Waals surface area contributed by atoms with Crippen molar-refractivity contribution in [1.82, 2.24) is 4.90 Å². The van der Waals surface area contributed by atoms with Gasteiger partial charge in [0.05, 0.1) is 5.75 Å². The molecule has 0 fully saturated rings. The number of aryl methyl sites for hydroxylation is 1. The highest BCUT2D eigenvalue weighted by molar-refractivity contribution is 7.90. The number of hydrogen-bond acceptors (Lipinski definition) is 4. The van der Waals surface area contributed by atoms with E-state index >= 15 is 0 Å². The van der Waals surface area contributed by atoms with Gasteiger partial charge in [0.25, 0.3) is 5.91 Å². The molecule has 1 aromatic carbocycles. The third kappa shape index (κ3) is 5.48. The van der Waals surface area contributed by atoms with Gasteiger partial charge in [0.15, 0.2) is 0 Å². The van der Waals surface area contributed by atoms with E-state index in [0.29, 0.717) is 11.3 Å².